The number of rotatable bonds is 4. The number of halogens is 1. The summed E-state index contributed by atoms with van der Waals surface area (Å²) in [5, 5.41) is 4.48. The van der Waals surface area contributed by atoms with Crippen LogP contribution in [0.15, 0.2) is 18.2 Å². The minimum absolute atomic E-state index is 0.0430. The Kier molecular flexibility index (Phi) is 3.57. The second-order valence-corrected chi connectivity index (χ2v) is 5.35. The van der Waals surface area contributed by atoms with Crippen molar-refractivity contribution in [2.24, 2.45) is 0 Å². The van der Waals surface area contributed by atoms with Gasteiger partial charge < -0.3 is 14.6 Å². The molecule has 106 valence electrons. The van der Waals surface area contributed by atoms with Crippen molar-refractivity contribution in [3.63, 3.8) is 0 Å². The van der Waals surface area contributed by atoms with Crippen molar-refractivity contribution in [2.75, 3.05) is 13.2 Å². The fourth-order valence-corrected chi connectivity index (χ4v) is 2.77. The molecular weight excluding hydrogens is 276 g/mol. The number of aromatic nitrogens is 1. The van der Waals surface area contributed by atoms with Crippen LogP contribution in [0.25, 0.3) is 10.9 Å². The van der Waals surface area contributed by atoms with Crippen LogP contribution >= 0.6 is 11.6 Å². The fourth-order valence-electron chi connectivity index (χ4n) is 2.57. The summed E-state index contributed by atoms with van der Waals surface area (Å²) in [4.78, 5) is 12.3. The van der Waals surface area contributed by atoms with Gasteiger partial charge in [-0.05, 0) is 24.6 Å². The zero-order chi connectivity index (χ0) is 14.1. The van der Waals surface area contributed by atoms with Gasteiger partial charge in [0.1, 0.15) is 18.1 Å². The average Bonchev–Trinajstić information content (AvgIpc) is 2.85. The molecule has 0 atom stereocenters. The monoisotopic (exact) mass is 292 g/mol. The Labute approximate surface area is 122 Å². The number of unbranched alkanes of at least 4 members (excludes halogenated alkanes) is 1. The number of carbonyl (C=O) groups is 1. The van der Waals surface area contributed by atoms with Crippen LogP contribution in [0, 0.1) is 0 Å². The summed E-state index contributed by atoms with van der Waals surface area (Å²) in [6, 6.07) is 5.53. The van der Waals surface area contributed by atoms with Crippen molar-refractivity contribution in [3.05, 3.63) is 28.9 Å². The van der Waals surface area contributed by atoms with E-state index in [2.05, 4.69) is 12.2 Å². The SMILES string of the molecule is CCCCNC(=O)c1cc2c(Cl)ccc3c2n1CCO3. The standard InChI is InChI=1S/C15H17ClN2O2/c1-2-3-6-17-15(19)12-9-10-11(16)4-5-13-14(10)18(12)7-8-20-13/h4-5,9H,2-3,6-8H2,1H3,(H,17,19). The van der Waals surface area contributed by atoms with E-state index in [4.69, 9.17) is 16.3 Å². The normalized spacial score (nSPS) is 13.3. The minimum atomic E-state index is -0.0430. The highest BCUT2D eigenvalue weighted by atomic mass is 35.5. The third-order valence-corrected chi connectivity index (χ3v) is 3.92. The molecule has 4 nitrogen and oxygen atoms in total. The van der Waals surface area contributed by atoms with Gasteiger partial charge in [-0.3, -0.25) is 4.79 Å². The van der Waals surface area contributed by atoms with E-state index in [-0.39, 0.29) is 5.91 Å². The molecule has 0 spiro atoms. The average molecular weight is 293 g/mol. The summed E-state index contributed by atoms with van der Waals surface area (Å²) < 4.78 is 7.63. The van der Waals surface area contributed by atoms with Gasteiger partial charge in [0.15, 0.2) is 0 Å². The van der Waals surface area contributed by atoms with Crippen molar-refractivity contribution in [1.82, 2.24) is 9.88 Å². The Morgan fingerprint density at radius 2 is 2.35 bits per heavy atom. The van der Waals surface area contributed by atoms with Gasteiger partial charge in [0, 0.05) is 11.9 Å². The van der Waals surface area contributed by atoms with E-state index < -0.39 is 0 Å². The molecule has 0 aliphatic carbocycles. The lowest BCUT2D eigenvalue weighted by atomic mass is 10.2. The van der Waals surface area contributed by atoms with E-state index in [1.54, 1.807) is 0 Å². The molecule has 1 amide bonds. The van der Waals surface area contributed by atoms with E-state index in [0.717, 1.165) is 29.5 Å². The van der Waals surface area contributed by atoms with Crippen molar-refractivity contribution in [1.29, 1.82) is 0 Å². The molecule has 0 unspecified atom stereocenters. The third kappa shape index (κ3) is 2.14. The summed E-state index contributed by atoms with van der Waals surface area (Å²) in [5.74, 6) is 0.752. The molecule has 1 aromatic carbocycles. The van der Waals surface area contributed by atoms with Crippen molar-refractivity contribution in [2.45, 2.75) is 26.3 Å². The van der Waals surface area contributed by atoms with E-state index in [0.29, 0.717) is 30.4 Å². The zero-order valence-electron chi connectivity index (χ0n) is 11.4. The predicted octanol–water partition coefficient (Wildman–Crippen LogP) is 3.22. The van der Waals surface area contributed by atoms with Gasteiger partial charge in [-0.1, -0.05) is 24.9 Å². The summed E-state index contributed by atoms with van der Waals surface area (Å²) in [5.41, 5.74) is 1.58. The van der Waals surface area contributed by atoms with Crippen molar-refractivity contribution in [3.8, 4) is 5.75 Å². The largest absolute Gasteiger partial charge is 0.490 e. The fraction of sp³-hybridized carbons (Fsp3) is 0.400. The zero-order valence-corrected chi connectivity index (χ0v) is 12.2. The maximum Gasteiger partial charge on any atom is 0.267 e. The van der Waals surface area contributed by atoms with Crippen LogP contribution in [0.2, 0.25) is 5.02 Å². The van der Waals surface area contributed by atoms with Gasteiger partial charge in [-0.2, -0.15) is 0 Å². The van der Waals surface area contributed by atoms with Gasteiger partial charge in [0.2, 0.25) is 0 Å². The van der Waals surface area contributed by atoms with Gasteiger partial charge in [0.05, 0.1) is 17.1 Å². The first kappa shape index (κ1) is 13.3. The van der Waals surface area contributed by atoms with Crippen LogP contribution in [-0.4, -0.2) is 23.6 Å². The molecular formula is C15H17ClN2O2. The third-order valence-electron chi connectivity index (χ3n) is 3.59. The van der Waals surface area contributed by atoms with Crippen LogP contribution < -0.4 is 10.1 Å². The number of benzene rings is 1. The smallest absolute Gasteiger partial charge is 0.267 e. The maximum absolute atomic E-state index is 12.3. The number of carbonyl (C=O) groups excluding carboxylic acids is 1. The molecule has 0 saturated carbocycles. The minimum Gasteiger partial charge on any atom is -0.490 e. The molecule has 1 aromatic heterocycles. The summed E-state index contributed by atoms with van der Waals surface area (Å²) in [6.07, 6.45) is 2.05. The van der Waals surface area contributed by atoms with Crippen LogP contribution in [0.3, 0.4) is 0 Å². The molecule has 0 bridgehead atoms. The molecule has 0 radical (unpaired) electrons. The maximum atomic E-state index is 12.3. The van der Waals surface area contributed by atoms with Gasteiger partial charge in [-0.25, -0.2) is 0 Å². The number of nitrogens with one attached hydrogen (secondary N) is 1. The first-order chi connectivity index (χ1) is 9.72. The lowest BCUT2D eigenvalue weighted by Crippen LogP contribution is -2.28. The first-order valence-corrected chi connectivity index (χ1v) is 7.33. The first-order valence-electron chi connectivity index (χ1n) is 6.95. The van der Waals surface area contributed by atoms with E-state index in [1.165, 1.54) is 0 Å². The Morgan fingerprint density at radius 3 is 3.15 bits per heavy atom. The number of amides is 1. The second kappa shape index (κ2) is 5.37. The molecule has 20 heavy (non-hydrogen) atoms. The van der Waals surface area contributed by atoms with Gasteiger partial charge >= 0.3 is 0 Å². The molecule has 2 heterocycles. The van der Waals surface area contributed by atoms with Crippen molar-refractivity contribution < 1.29 is 9.53 Å². The molecule has 1 N–H and O–H groups in total. The molecule has 2 aromatic rings. The number of hydrogen-bond donors (Lipinski definition) is 1. The molecule has 3 rings (SSSR count). The Bertz CT molecular complexity index is 663. The van der Waals surface area contributed by atoms with Crippen LogP contribution in [-0.2, 0) is 6.54 Å². The Balaban J connectivity index is 2.02. The molecule has 1 aliphatic heterocycles. The van der Waals surface area contributed by atoms with Gasteiger partial charge in [0.25, 0.3) is 5.91 Å². The van der Waals surface area contributed by atoms with Crippen LogP contribution in [0.5, 0.6) is 5.75 Å². The Morgan fingerprint density at radius 1 is 1.50 bits per heavy atom. The molecule has 0 fully saturated rings. The lowest BCUT2D eigenvalue weighted by Gasteiger charge is -2.19. The van der Waals surface area contributed by atoms with Crippen LogP contribution in [0.1, 0.15) is 30.3 Å². The molecule has 5 heteroatoms. The summed E-state index contributed by atoms with van der Waals surface area (Å²) in [7, 11) is 0. The predicted molar refractivity (Wildman–Crippen MR) is 79.7 cm³/mol. The number of ether oxygens (including phenoxy) is 1. The van der Waals surface area contributed by atoms with Gasteiger partial charge in [-0.15, -0.1) is 0 Å². The van der Waals surface area contributed by atoms with Crippen LogP contribution in [0.4, 0.5) is 0 Å². The van der Waals surface area contributed by atoms with E-state index in [9.17, 15) is 4.79 Å². The van der Waals surface area contributed by atoms with E-state index >= 15 is 0 Å². The molecule has 1 aliphatic rings. The molecule has 0 saturated heterocycles. The number of nitrogens with zero attached hydrogens (tertiary/aromatic N) is 1. The number of hydrogen-bond acceptors (Lipinski definition) is 2. The summed E-state index contributed by atoms with van der Waals surface area (Å²) >= 11 is 6.23. The topological polar surface area (TPSA) is 43.3 Å². The highest BCUT2D eigenvalue weighted by Crippen LogP contribution is 2.36. The highest BCUT2D eigenvalue weighted by molar-refractivity contribution is 6.36. The van der Waals surface area contributed by atoms with E-state index in [1.807, 2.05) is 22.8 Å². The quantitative estimate of drug-likeness (QED) is 0.879. The second-order valence-electron chi connectivity index (χ2n) is 4.95. The summed E-state index contributed by atoms with van der Waals surface area (Å²) in [6.45, 7) is 4.06. The Hall–Kier alpha value is -1.68. The van der Waals surface area contributed by atoms with Crippen molar-refractivity contribution >= 4 is 28.4 Å². The lowest BCUT2D eigenvalue weighted by molar-refractivity contribution is 0.0942. The highest BCUT2D eigenvalue weighted by Gasteiger charge is 2.22.